The number of carbonyl (C=O) groups excluding carboxylic acids is 1. The van der Waals surface area contributed by atoms with Crippen molar-refractivity contribution in [2.45, 2.75) is 40.3 Å². The van der Waals surface area contributed by atoms with E-state index in [1.807, 2.05) is 0 Å². The molecular weight excluding hydrogens is 200 g/mol. The summed E-state index contributed by atoms with van der Waals surface area (Å²) in [7, 11) is 0. The number of hydrogen-bond acceptors (Lipinski definition) is 2. The number of carbonyl (C=O) groups is 1. The molecule has 0 saturated heterocycles. The van der Waals surface area contributed by atoms with Crippen LogP contribution in [0, 0.1) is 20.8 Å². The van der Waals surface area contributed by atoms with Crippen LogP contribution in [0.3, 0.4) is 0 Å². The molecule has 1 unspecified atom stereocenters. The molecule has 0 spiro atoms. The minimum atomic E-state index is -0.452. The van der Waals surface area contributed by atoms with E-state index in [0.717, 1.165) is 5.56 Å². The van der Waals surface area contributed by atoms with E-state index < -0.39 is 6.04 Å². The van der Waals surface area contributed by atoms with E-state index in [1.54, 1.807) is 6.92 Å². The van der Waals surface area contributed by atoms with Gasteiger partial charge in [-0.2, -0.15) is 0 Å². The molecule has 1 amide bonds. The summed E-state index contributed by atoms with van der Waals surface area (Å²) >= 11 is 0. The zero-order valence-corrected chi connectivity index (χ0v) is 10.4. The van der Waals surface area contributed by atoms with Crippen LogP contribution in [0.15, 0.2) is 12.1 Å². The summed E-state index contributed by atoms with van der Waals surface area (Å²) in [4.78, 5) is 11.3. The zero-order chi connectivity index (χ0) is 12.3. The first-order valence-corrected chi connectivity index (χ1v) is 5.52. The maximum Gasteiger partial charge on any atom is 0.236 e. The lowest BCUT2D eigenvalue weighted by Gasteiger charge is -2.12. The minimum Gasteiger partial charge on any atom is -0.351 e. The van der Waals surface area contributed by atoms with E-state index in [0.29, 0.717) is 6.54 Å². The Kier molecular flexibility index (Phi) is 4.07. The highest BCUT2D eigenvalue weighted by Gasteiger charge is 2.08. The van der Waals surface area contributed by atoms with Crippen LogP contribution in [0.5, 0.6) is 0 Å². The molecule has 0 aliphatic carbocycles. The van der Waals surface area contributed by atoms with Crippen molar-refractivity contribution in [3.8, 4) is 0 Å². The highest BCUT2D eigenvalue weighted by molar-refractivity contribution is 5.80. The third kappa shape index (κ3) is 3.07. The van der Waals surface area contributed by atoms with Gasteiger partial charge in [0.15, 0.2) is 0 Å². The van der Waals surface area contributed by atoms with E-state index in [-0.39, 0.29) is 5.91 Å². The second-order valence-electron chi connectivity index (χ2n) is 4.37. The molecular formula is C13H20N2O. The topological polar surface area (TPSA) is 55.1 Å². The van der Waals surface area contributed by atoms with Crippen LogP contribution in [0.1, 0.15) is 29.2 Å². The van der Waals surface area contributed by atoms with Gasteiger partial charge in [-0.25, -0.2) is 0 Å². The molecule has 3 heteroatoms. The Morgan fingerprint density at radius 2 is 1.81 bits per heavy atom. The van der Waals surface area contributed by atoms with Gasteiger partial charge in [-0.1, -0.05) is 12.1 Å². The predicted molar refractivity (Wildman–Crippen MR) is 66.1 cm³/mol. The number of nitrogens with two attached hydrogens (primary N) is 1. The summed E-state index contributed by atoms with van der Waals surface area (Å²) in [5, 5.41) is 2.82. The number of nitrogens with one attached hydrogen (secondary N) is 1. The number of hydrogen-bond donors (Lipinski definition) is 2. The molecule has 1 rings (SSSR count). The summed E-state index contributed by atoms with van der Waals surface area (Å²) in [6.07, 6.45) is 0. The Labute approximate surface area is 97.0 Å². The van der Waals surface area contributed by atoms with Gasteiger partial charge in [0, 0.05) is 6.54 Å². The number of rotatable bonds is 3. The van der Waals surface area contributed by atoms with Gasteiger partial charge in [0.2, 0.25) is 5.91 Å². The van der Waals surface area contributed by atoms with Crippen molar-refractivity contribution in [1.82, 2.24) is 5.32 Å². The molecule has 16 heavy (non-hydrogen) atoms. The predicted octanol–water partition coefficient (Wildman–Crippen LogP) is 1.58. The highest BCUT2D eigenvalue weighted by Crippen LogP contribution is 2.14. The largest absolute Gasteiger partial charge is 0.351 e. The quantitative estimate of drug-likeness (QED) is 0.812. The molecule has 3 N–H and O–H groups in total. The summed E-state index contributed by atoms with van der Waals surface area (Å²) in [6.45, 7) is 8.45. The maximum absolute atomic E-state index is 11.3. The normalized spacial score (nSPS) is 12.3. The van der Waals surface area contributed by atoms with E-state index in [9.17, 15) is 4.79 Å². The van der Waals surface area contributed by atoms with Crippen molar-refractivity contribution >= 4 is 5.91 Å². The van der Waals surface area contributed by atoms with Crippen LogP contribution in [-0.4, -0.2) is 11.9 Å². The van der Waals surface area contributed by atoms with Gasteiger partial charge in [-0.3, -0.25) is 4.79 Å². The van der Waals surface area contributed by atoms with Gasteiger partial charge >= 0.3 is 0 Å². The molecule has 0 aliphatic heterocycles. The fourth-order valence-corrected chi connectivity index (χ4v) is 1.55. The molecule has 88 valence electrons. The van der Waals surface area contributed by atoms with Crippen LogP contribution in [0.2, 0.25) is 0 Å². The Bertz CT molecular complexity index is 397. The fourth-order valence-electron chi connectivity index (χ4n) is 1.55. The first-order valence-electron chi connectivity index (χ1n) is 5.52. The standard InChI is InChI=1S/C13H20N2O/c1-8-5-10(3)12(6-9(8)2)7-15-13(16)11(4)14/h5-6,11H,7,14H2,1-4H3,(H,15,16). The Morgan fingerprint density at radius 3 is 2.38 bits per heavy atom. The number of amides is 1. The third-order valence-corrected chi connectivity index (χ3v) is 2.82. The van der Waals surface area contributed by atoms with Crippen molar-refractivity contribution in [1.29, 1.82) is 0 Å². The summed E-state index contributed by atoms with van der Waals surface area (Å²) in [6, 6.07) is 3.81. The van der Waals surface area contributed by atoms with Gasteiger partial charge in [0.05, 0.1) is 6.04 Å². The monoisotopic (exact) mass is 220 g/mol. The third-order valence-electron chi connectivity index (χ3n) is 2.82. The maximum atomic E-state index is 11.3. The van der Waals surface area contributed by atoms with Crippen molar-refractivity contribution in [3.05, 3.63) is 34.4 Å². The minimum absolute atomic E-state index is 0.113. The summed E-state index contributed by atoms with van der Waals surface area (Å²) in [5.74, 6) is -0.113. The molecule has 3 nitrogen and oxygen atoms in total. The lowest BCUT2D eigenvalue weighted by atomic mass is 10.0. The van der Waals surface area contributed by atoms with Gasteiger partial charge in [0.25, 0.3) is 0 Å². The molecule has 0 fully saturated rings. The lowest BCUT2D eigenvalue weighted by Crippen LogP contribution is -2.37. The fraction of sp³-hybridized carbons (Fsp3) is 0.462. The molecule has 1 atom stereocenters. The first-order chi connectivity index (χ1) is 7.41. The molecule has 0 aliphatic rings. The molecule has 0 saturated carbocycles. The van der Waals surface area contributed by atoms with Crippen molar-refractivity contribution in [3.63, 3.8) is 0 Å². The lowest BCUT2D eigenvalue weighted by molar-refractivity contribution is -0.122. The van der Waals surface area contributed by atoms with E-state index in [4.69, 9.17) is 5.73 Å². The summed E-state index contributed by atoms with van der Waals surface area (Å²) in [5.41, 5.74) is 10.4. The first kappa shape index (κ1) is 12.7. The van der Waals surface area contributed by atoms with Crippen molar-refractivity contribution in [2.24, 2.45) is 5.73 Å². The molecule has 0 aromatic heterocycles. The van der Waals surface area contributed by atoms with Crippen LogP contribution in [0.25, 0.3) is 0 Å². The van der Waals surface area contributed by atoms with E-state index in [1.165, 1.54) is 16.7 Å². The number of benzene rings is 1. The second-order valence-corrected chi connectivity index (χ2v) is 4.37. The molecule has 0 bridgehead atoms. The average Bonchev–Trinajstić information content (AvgIpc) is 2.20. The van der Waals surface area contributed by atoms with Crippen LogP contribution < -0.4 is 11.1 Å². The molecule has 0 radical (unpaired) electrons. The smallest absolute Gasteiger partial charge is 0.236 e. The molecule has 1 aromatic carbocycles. The number of aryl methyl sites for hydroxylation is 3. The molecule has 1 aromatic rings. The van der Waals surface area contributed by atoms with E-state index >= 15 is 0 Å². The highest BCUT2D eigenvalue weighted by atomic mass is 16.2. The second kappa shape index (κ2) is 5.12. The average molecular weight is 220 g/mol. The van der Waals surface area contributed by atoms with Crippen LogP contribution in [0.4, 0.5) is 0 Å². The SMILES string of the molecule is Cc1cc(C)c(CNC(=O)C(C)N)cc1C. The van der Waals surface area contributed by atoms with Gasteiger partial charge < -0.3 is 11.1 Å². The van der Waals surface area contributed by atoms with Gasteiger partial charge in [0.1, 0.15) is 0 Å². The summed E-state index contributed by atoms with van der Waals surface area (Å²) < 4.78 is 0. The van der Waals surface area contributed by atoms with Gasteiger partial charge in [-0.15, -0.1) is 0 Å². The van der Waals surface area contributed by atoms with Crippen LogP contribution >= 0.6 is 0 Å². The van der Waals surface area contributed by atoms with Gasteiger partial charge in [-0.05, 0) is 49.9 Å². The Hall–Kier alpha value is -1.35. The zero-order valence-electron chi connectivity index (χ0n) is 10.4. The molecule has 0 heterocycles. The Morgan fingerprint density at radius 1 is 1.25 bits per heavy atom. The Balaban J connectivity index is 2.75. The van der Waals surface area contributed by atoms with Crippen molar-refractivity contribution in [2.75, 3.05) is 0 Å². The van der Waals surface area contributed by atoms with Crippen LogP contribution in [-0.2, 0) is 11.3 Å². The van der Waals surface area contributed by atoms with E-state index in [2.05, 4.69) is 38.2 Å². The van der Waals surface area contributed by atoms with Crippen molar-refractivity contribution < 1.29 is 4.79 Å².